The summed E-state index contributed by atoms with van der Waals surface area (Å²) in [6.07, 6.45) is 8.71. The molecule has 0 amide bonds. The third-order valence-corrected chi connectivity index (χ3v) is 5.22. The number of hydrogen-bond acceptors (Lipinski definition) is 3. The van der Waals surface area contributed by atoms with Crippen molar-refractivity contribution >= 4 is 11.6 Å². The average molecular weight is 363 g/mol. The van der Waals surface area contributed by atoms with Crippen LogP contribution in [0.3, 0.4) is 0 Å². The molecule has 3 aromatic rings. The molecule has 1 aliphatic carbocycles. The first kappa shape index (κ1) is 17.5. The van der Waals surface area contributed by atoms with Crippen molar-refractivity contribution in [3.8, 4) is 0 Å². The molecule has 0 spiro atoms. The molecule has 4 N–H and O–H groups in total. The van der Waals surface area contributed by atoms with Gasteiger partial charge in [0.05, 0.1) is 10.6 Å². The molecule has 0 radical (unpaired) electrons. The quantitative estimate of drug-likeness (QED) is 0.495. The topological polar surface area (TPSA) is 89.4 Å². The van der Waals surface area contributed by atoms with Crippen molar-refractivity contribution in [1.29, 1.82) is 0 Å². The molecule has 0 unspecified atom stereocenters. The Balaban J connectivity index is 1.51. The van der Waals surface area contributed by atoms with Gasteiger partial charge in [-0.25, -0.2) is 0 Å². The van der Waals surface area contributed by atoms with E-state index >= 15 is 0 Å². The Hall–Kier alpha value is -2.86. The summed E-state index contributed by atoms with van der Waals surface area (Å²) in [5.41, 5.74) is 7.21. The zero-order valence-electron chi connectivity index (χ0n) is 15.8. The Morgan fingerprint density at radius 1 is 1.19 bits per heavy atom. The van der Waals surface area contributed by atoms with Crippen LogP contribution in [0.1, 0.15) is 40.9 Å². The van der Waals surface area contributed by atoms with Crippen LogP contribution < -0.4 is 21.4 Å². The summed E-state index contributed by atoms with van der Waals surface area (Å²) < 4.78 is 0. The summed E-state index contributed by atoms with van der Waals surface area (Å²) in [5.74, 6) is 0. The van der Waals surface area contributed by atoms with Gasteiger partial charge in [-0.05, 0) is 80.1 Å². The fraction of sp³-hybridized carbons (Fsp3) is 0.333. The van der Waals surface area contributed by atoms with Crippen molar-refractivity contribution in [1.82, 2.24) is 25.5 Å². The van der Waals surface area contributed by atoms with E-state index in [1.165, 1.54) is 22.3 Å². The lowest BCUT2D eigenvalue weighted by Gasteiger charge is -2.06. The van der Waals surface area contributed by atoms with Crippen molar-refractivity contribution in [3.63, 3.8) is 0 Å². The van der Waals surface area contributed by atoms with Crippen LogP contribution in [0.15, 0.2) is 29.3 Å². The van der Waals surface area contributed by atoms with E-state index in [1.54, 1.807) is 0 Å². The summed E-state index contributed by atoms with van der Waals surface area (Å²) in [4.78, 5) is 19.7. The monoisotopic (exact) mass is 363 g/mol. The van der Waals surface area contributed by atoms with E-state index in [9.17, 15) is 4.79 Å². The summed E-state index contributed by atoms with van der Waals surface area (Å²) in [6, 6.07) is 4.05. The van der Waals surface area contributed by atoms with Crippen LogP contribution in [0.25, 0.3) is 11.6 Å². The highest BCUT2D eigenvalue weighted by molar-refractivity contribution is 5.59. The van der Waals surface area contributed by atoms with Gasteiger partial charge in [-0.3, -0.25) is 20.0 Å². The first-order valence-corrected chi connectivity index (χ1v) is 9.41. The van der Waals surface area contributed by atoms with E-state index in [1.807, 2.05) is 30.6 Å². The smallest absolute Gasteiger partial charge is 0.271 e. The van der Waals surface area contributed by atoms with Crippen LogP contribution in [-0.4, -0.2) is 26.7 Å². The van der Waals surface area contributed by atoms with Crippen LogP contribution >= 0.6 is 0 Å². The van der Waals surface area contributed by atoms with Crippen LogP contribution in [0, 0.1) is 13.8 Å². The van der Waals surface area contributed by atoms with Crippen molar-refractivity contribution in [2.45, 2.75) is 39.7 Å². The number of aromatic nitrogens is 4. The standard InChI is InChI=1S/C21H25N5O/c1-13-17(7-10-23-12-15-5-8-22-9-6-15)14(2)24-19(13)11-18-20(16-3-4-16)25-26-21(18)27/h5-6,8-9,11,23-25H,3-4,7,10,12H2,1-2H3,(H,26,27). The van der Waals surface area contributed by atoms with E-state index in [0.29, 0.717) is 0 Å². The minimum atomic E-state index is -0.0587. The first-order valence-electron chi connectivity index (χ1n) is 9.41. The molecule has 27 heavy (non-hydrogen) atoms. The molecule has 0 aliphatic heterocycles. The third-order valence-electron chi connectivity index (χ3n) is 5.22. The zero-order chi connectivity index (χ0) is 18.8. The molecule has 4 rings (SSSR count). The van der Waals surface area contributed by atoms with Gasteiger partial charge in [-0.1, -0.05) is 0 Å². The summed E-state index contributed by atoms with van der Waals surface area (Å²) in [7, 11) is 0. The van der Waals surface area contributed by atoms with E-state index < -0.39 is 0 Å². The molecule has 0 saturated heterocycles. The lowest BCUT2D eigenvalue weighted by molar-refractivity contribution is 0.684. The van der Waals surface area contributed by atoms with Gasteiger partial charge in [0.25, 0.3) is 5.56 Å². The lowest BCUT2D eigenvalue weighted by Crippen LogP contribution is -2.33. The molecule has 3 aromatic heterocycles. The maximum Gasteiger partial charge on any atom is 0.271 e. The Bertz CT molecular complexity index is 1110. The first-order chi connectivity index (χ1) is 13.1. The Morgan fingerprint density at radius 3 is 2.70 bits per heavy atom. The van der Waals surface area contributed by atoms with Crippen molar-refractivity contribution in [3.05, 3.63) is 73.5 Å². The highest BCUT2D eigenvalue weighted by Gasteiger charge is 2.15. The average Bonchev–Trinajstić information content (AvgIpc) is 3.40. The number of pyridine rings is 1. The minimum Gasteiger partial charge on any atom is -0.359 e. The number of hydrogen-bond donors (Lipinski definition) is 4. The highest BCUT2D eigenvalue weighted by atomic mass is 16.1. The maximum atomic E-state index is 12.2. The van der Waals surface area contributed by atoms with Crippen molar-refractivity contribution in [2.24, 2.45) is 0 Å². The molecule has 6 nitrogen and oxygen atoms in total. The number of aryl methyl sites for hydroxylation is 1. The fourth-order valence-corrected chi connectivity index (χ4v) is 3.52. The fourth-order valence-electron chi connectivity index (χ4n) is 3.52. The molecule has 0 bridgehead atoms. The molecule has 1 fully saturated rings. The predicted molar refractivity (Wildman–Crippen MR) is 107 cm³/mol. The van der Waals surface area contributed by atoms with Gasteiger partial charge in [-0.2, -0.15) is 0 Å². The molecule has 3 heterocycles. The van der Waals surface area contributed by atoms with Crippen LogP contribution in [0.4, 0.5) is 0 Å². The lowest BCUT2D eigenvalue weighted by atomic mass is 10.1. The molecular weight excluding hydrogens is 338 g/mol. The molecule has 0 atom stereocenters. The number of nitrogens with zero attached hydrogens (tertiary/aromatic N) is 1. The Kier molecular flexibility index (Phi) is 4.81. The summed E-state index contributed by atoms with van der Waals surface area (Å²) >= 11 is 0. The number of nitrogens with one attached hydrogen (secondary N) is 4. The normalized spacial score (nSPS) is 14.1. The molecule has 1 aliphatic rings. The van der Waals surface area contributed by atoms with Gasteiger partial charge in [0.1, 0.15) is 0 Å². The van der Waals surface area contributed by atoms with Crippen LogP contribution in [0.2, 0.25) is 0 Å². The third kappa shape index (κ3) is 3.80. The summed E-state index contributed by atoms with van der Waals surface area (Å²) in [6.45, 7) is 5.96. The molecular formula is C21H25N5O. The van der Waals surface area contributed by atoms with E-state index in [2.05, 4.69) is 39.3 Å². The predicted octanol–water partition coefficient (Wildman–Crippen LogP) is 1.15. The number of H-pyrrole nitrogens is 3. The van der Waals surface area contributed by atoms with Gasteiger partial charge in [-0.15, -0.1) is 0 Å². The highest BCUT2D eigenvalue weighted by Crippen LogP contribution is 2.26. The maximum absolute atomic E-state index is 12.2. The molecule has 1 saturated carbocycles. The minimum absolute atomic E-state index is 0.0587. The second-order valence-electron chi connectivity index (χ2n) is 7.17. The SMILES string of the molecule is Cc1[nH]c(C=c2c(=O)[nH][nH]c2=C2CC2)c(C)c1CCNCc1ccncc1. The van der Waals surface area contributed by atoms with Gasteiger partial charge >= 0.3 is 0 Å². The molecule has 0 aromatic carbocycles. The zero-order valence-corrected chi connectivity index (χ0v) is 15.8. The Labute approximate surface area is 157 Å². The summed E-state index contributed by atoms with van der Waals surface area (Å²) in [5, 5.41) is 10.9. The van der Waals surface area contributed by atoms with Crippen LogP contribution in [0.5, 0.6) is 0 Å². The number of aromatic amines is 3. The molecule has 6 heteroatoms. The van der Waals surface area contributed by atoms with Gasteiger partial charge in [0.15, 0.2) is 0 Å². The van der Waals surface area contributed by atoms with Crippen LogP contribution in [-0.2, 0) is 13.0 Å². The largest absolute Gasteiger partial charge is 0.359 e. The van der Waals surface area contributed by atoms with Crippen molar-refractivity contribution < 1.29 is 0 Å². The van der Waals surface area contributed by atoms with E-state index in [-0.39, 0.29) is 5.56 Å². The number of rotatable bonds is 6. The van der Waals surface area contributed by atoms with Crippen molar-refractivity contribution in [2.75, 3.05) is 6.54 Å². The van der Waals surface area contributed by atoms with Gasteiger partial charge in [0, 0.05) is 30.3 Å². The van der Waals surface area contributed by atoms with Gasteiger partial charge < -0.3 is 10.3 Å². The second-order valence-corrected chi connectivity index (χ2v) is 7.17. The second kappa shape index (κ2) is 7.40. The molecule has 140 valence electrons. The van der Waals surface area contributed by atoms with E-state index in [0.717, 1.165) is 54.3 Å². The Morgan fingerprint density at radius 2 is 1.96 bits per heavy atom. The van der Waals surface area contributed by atoms with E-state index in [4.69, 9.17) is 0 Å². The van der Waals surface area contributed by atoms with Gasteiger partial charge in [0.2, 0.25) is 0 Å².